The standard InChI is InChI=1S/C14H16N4O3S/c1-21-12-6-9(2-5-11(12)19)7-18(10-3-4-10)14(20)16-13-17-15-8-22-13/h2,5-6,8,10,19H,3-4,7H2,1H3,(H,16,17,20). The van der Waals surface area contributed by atoms with Crippen molar-refractivity contribution in [2.75, 3.05) is 12.4 Å². The molecular formula is C14H16N4O3S. The Morgan fingerprint density at radius 1 is 1.55 bits per heavy atom. The topological polar surface area (TPSA) is 87.6 Å². The molecule has 2 aromatic rings. The molecule has 0 atom stereocenters. The van der Waals surface area contributed by atoms with Crippen LogP contribution in [0.4, 0.5) is 9.93 Å². The van der Waals surface area contributed by atoms with E-state index < -0.39 is 0 Å². The average Bonchev–Trinajstić information content (AvgIpc) is 3.23. The number of nitrogens with one attached hydrogen (secondary N) is 1. The van der Waals surface area contributed by atoms with Gasteiger partial charge in [0.1, 0.15) is 5.51 Å². The largest absolute Gasteiger partial charge is 0.504 e. The Kier molecular flexibility index (Phi) is 4.10. The molecule has 2 amide bonds. The lowest BCUT2D eigenvalue weighted by molar-refractivity contribution is 0.206. The summed E-state index contributed by atoms with van der Waals surface area (Å²) in [6, 6.07) is 5.15. The summed E-state index contributed by atoms with van der Waals surface area (Å²) in [5.74, 6) is 0.486. The molecule has 0 unspecified atom stereocenters. The molecule has 2 N–H and O–H groups in total. The van der Waals surface area contributed by atoms with Crippen LogP contribution in [-0.4, -0.2) is 39.4 Å². The van der Waals surface area contributed by atoms with Crippen LogP contribution in [0, 0.1) is 0 Å². The molecule has 1 aromatic carbocycles. The Hall–Kier alpha value is -2.35. The van der Waals surface area contributed by atoms with E-state index in [4.69, 9.17) is 4.74 Å². The molecule has 7 nitrogen and oxygen atoms in total. The predicted molar refractivity (Wildman–Crippen MR) is 82.2 cm³/mol. The summed E-state index contributed by atoms with van der Waals surface area (Å²) in [5.41, 5.74) is 2.47. The molecular weight excluding hydrogens is 304 g/mol. The van der Waals surface area contributed by atoms with Crippen molar-refractivity contribution < 1.29 is 14.6 Å². The average molecular weight is 320 g/mol. The molecule has 1 saturated carbocycles. The Morgan fingerprint density at radius 3 is 3.00 bits per heavy atom. The van der Waals surface area contributed by atoms with Crippen molar-refractivity contribution in [2.45, 2.75) is 25.4 Å². The van der Waals surface area contributed by atoms with Crippen LogP contribution in [0.1, 0.15) is 18.4 Å². The Balaban J connectivity index is 1.73. The van der Waals surface area contributed by atoms with Gasteiger partial charge in [0.15, 0.2) is 11.5 Å². The minimum Gasteiger partial charge on any atom is -0.504 e. The minimum absolute atomic E-state index is 0.0857. The smallest absolute Gasteiger partial charge is 0.324 e. The number of aromatic nitrogens is 2. The molecule has 0 aliphatic heterocycles. The normalized spacial score (nSPS) is 13.7. The molecule has 22 heavy (non-hydrogen) atoms. The van der Waals surface area contributed by atoms with Crippen molar-refractivity contribution >= 4 is 22.5 Å². The van der Waals surface area contributed by atoms with Crippen LogP contribution in [0.5, 0.6) is 11.5 Å². The number of nitrogens with zero attached hydrogens (tertiary/aromatic N) is 3. The zero-order valence-corrected chi connectivity index (χ0v) is 12.8. The molecule has 1 fully saturated rings. The maximum Gasteiger partial charge on any atom is 0.324 e. The van der Waals surface area contributed by atoms with Crippen molar-refractivity contribution in [3.63, 3.8) is 0 Å². The quantitative estimate of drug-likeness (QED) is 0.883. The lowest BCUT2D eigenvalue weighted by Crippen LogP contribution is -2.36. The number of benzene rings is 1. The second-order valence-electron chi connectivity index (χ2n) is 5.04. The highest BCUT2D eigenvalue weighted by Gasteiger charge is 2.33. The predicted octanol–water partition coefficient (Wildman–Crippen LogP) is 2.45. The second-order valence-corrected chi connectivity index (χ2v) is 5.87. The van der Waals surface area contributed by atoms with Gasteiger partial charge in [0, 0.05) is 12.6 Å². The van der Waals surface area contributed by atoms with Gasteiger partial charge in [-0.3, -0.25) is 5.32 Å². The fraction of sp³-hybridized carbons (Fsp3) is 0.357. The van der Waals surface area contributed by atoms with E-state index in [1.807, 2.05) is 0 Å². The molecule has 1 aliphatic rings. The summed E-state index contributed by atoms with van der Waals surface area (Å²) in [6.07, 6.45) is 2.00. The van der Waals surface area contributed by atoms with E-state index in [1.54, 1.807) is 28.6 Å². The molecule has 0 bridgehead atoms. The summed E-state index contributed by atoms with van der Waals surface area (Å²) >= 11 is 1.28. The molecule has 0 saturated heterocycles. The lowest BCUT2D eigenvalue weighted by atomic mass is 10.2. The van der Waals surface area contributed by atoms with E-state index >= 15 is 0 Å². The summed E-state index contributed by atoms with van der Waals surface area (Å²) in [4.78, 5) is 14.2. The molecule has 1 aliphatic carbocycles. The number of methoxy groups -OCH3 is 1. The molecule has 1 aromatic heterocycles. The van der Waals surface area contributed by atoms with Gasteiger partial charge < -0.3 is 14.7 Å². The van der Waals surface area contributed by atoms with Gasteiger partial charge in [-0.25, -0.2) is 4.79 Å². The third-order valence-electron chi connectivity index (χ3n) is 3.42. The maximum absolute atomic E-state index is 12.4. The Labute approximate surface area is 131 Å². The van der Waals surface area contributed by atoms with Crippen LogP contribution < -0.4 is 10.1 Å². The number of urea groups is 1. The Morgan fingerprint density at radius 2 is 2.36 bits per heavy atom. The van der Waals surface area contributed by atoms with E-state index in [0.717, 1.165) is 18.4 Å². The van der Waals surface area contributed by atoms with Gasteiger partial charge in [0.25, 0.3) is 0 Å². The maximum atomic E-state index is 12.4. The van der Waals surface area contributed by atoms with E-state index in [2.05, 4.69) is 15.5 Å². The summed E-state index contributed by atoms with van der Waals surface area (Å²) in [6.45, 7) is 0.450. The number of aromatic hydroxyl groups is 1. The van der Waals surface area contributed by atoms with Crippen LogP contribution in [0.25, 0.3) is 0 Å². The summed E-state index contributed by atoms with van der Waals surface area (Å²) in [5, 5.41) is 20.4. The third-order valence-corrected chi connectivity index (χ3v) is 4.03. The van der Waals surface area contributed by atoms with Gasteiger partial charge in [-0.15, -0.1) is 10.2 Å². The van der Waals surface area contributed by atoms with Gasteiger partial charge in [0.05, 0.1) is 7.11 Å². The van der Waals surface area contributed by atoms with Gasteiger partial charge in [0.2, 0.25) is 5.13 Å². The van der Waals surface area contributed by atoms with Gasteiger partial charge >= 0.3 is 6.03 Å². The first-order valence-corrected chi connectivity index (χ1v) is 7.75. The molecule has 3 rings (SSSR count). The monoisotopic (exact) mass is 320 g/mol. The minimum atomic E-state index is -0.189. The number of hydrogen-bond donors (Lipinski definition) is 2. The molecule has 0 spiro atoms. The van der Waals surface area contributed by atoms with E-state index in [9.17, 15) is 9.90 Å². The SMILES string of the molecule is COc1cc(CN(C(=O)Nc2nncs2)C2CC2)ccc1O. The lowest BCUT2D eigenvalue weighted by Gasteiger charge is -2.22. The van der Waals surface area contributed by atoms with Crippen molar-refractivity contribution in [1.29, 1.82) is 0 Å². The number of anilines is 1. The van der Waals surface area contributed by atoms with Crippen molar-refractivity contribution in [3.8, 4) is 11.5 Å². The number of rotatable bonds is 5. The fourth-order valence-corrected chi connectivity index (χ4v) is 2.60. The van der Waals surface area contributed by atoms with E-state index in [0.29, 0.717) is 17.4 Å². The number of ether oxygens (including phenoxy) is 1. The zero-order valence-electron chi connectivity index (χ0n) is 12.0. The van der Waals surface area contributed by atoms with Gasteiger partial charge in [-0.1, -0.05) is 17.4 Å². The van der Waals surface area contributed by atoms with Crippen LogP contribution in [-0.2, 0) is 6.54 Å². The highest BCUT2D eigenvalue weighted by molar-refractivity contribution is 7.13. The second kappa shape index (κ2) is 6.18. The van der Waals surface area contributed by atoms with Gasteiger partial charge in [-0.05, 0) is 30.5 Å². The zero-order chi connectivity index (χ0) is 15.5. The highest BCUT2D eigenvalue weighted by Crippen LogP contribution is 2.31. The number of phenols is 1. The van der Waals surface area contributed by atoms with E-state index in [-0.39, 0.29) is 17.8 Å². The van der Waals surface area contributed by atoms with Crippen LogP contribution in [0.2, 0.25) is 0 Å². The van der Waals surface area contributed by atoms with Crippen LogP contribution in [0.15, 0.2) is 23.7 Å². The first-order valence-electron chi connectivity index (χ1n) is 6.87. The van der Waals surface area contributed by atoms with E-state index in [1.165, 1.54) is 18.4 Å². The number of amides is 2. The molecule has 0 radical (unpaired) electrons. The summed E-state index contributed by atoms with van der Waals surface area (Å²) < 4.78 is 5.10. The highest BCUT2D eigenvalue weighted by atomic mass is 32.1. The third kappa shape index (κ3) is 3.28. The van der Waals surface area contributed by atoms with Crippen LogP contribution in [0.3, 0.4) is 0 Å². The molecule has 116 valence electrons. The number of hydrogen-bond acceptors (Lipinski definition) is 6. The number of carbonyl (C=O) groups is 1. The van der Waals surface area contributed by atoms with Gasteiger partial charge in [-0.2, -0.15) is 0 Å². The number of carbonyl (C=O) groups excluding carboxylic acids is 1. The first-order chi connectivity index (χ1) is 10.7. The summed E-state index contributed by atoms with van der Waals surface area (Å²) in [7, 11) is 1.50. The van der Waals surface area contributed by atoms with Crippen molar-refractivity contribution in [1.82, 2.24) is 15.1 Å². The number of phenolic OH excluding ortho intramolecular Hbond substituents is 1. The fourth-order valence-electron chi connectivity index (χ4n) is 2.16. The Bertz CT molecular complexity index is 658. The molecule has 8 heteroatoms. The van der Waals surface area contributed by atoms with Crippen LogP contribution >= 0.6 is 11.3 Å². The first kappa shape index (κ1) is 14.6. The van der Waals surface area contributed by atoms with Crippen molar-refractivity contribution in [3.05, 3.63) is 29.3 Å². The van der Waals surface area contributed by atoms with Crippen molar-refractivity contribution in [2.24, 2.45) is 0 Å². The molecule has 1 heterocycles.